The Labute approximate surface area is 114 Å². The number of rotatable bonds is 5. The number of anilines is 1. The SMILES string of the molecule is CN(c1ccccc1)C1CCN(CCC(=O)O)CC1. The molecule has 0 saturated carbocycles. The fourth-order valence-electron chi connectivity index (χ4n) is 2.66. The lowest BCUT2D eigenvalue weighted by molar-refractivity contribution is -0.137. The van der Waals surface area contributed by atoms with E-state index in [1.54, 1.807) is 0 Å². The molecule has 4 heteroatoms. The predicted molar refractivity (Wildman–Crippen MR) is 76.6 cm³/mol. The summed E-state index contributed by atoms with van der Waals surface area (Å²) in [5, 5.41) is 8.70. The number of hydrogen-bond donors (Lipinski definition) is 1. The highest BCUT2D eigenvalue weighted by Crippen LogP contribution is 2.21. The maximum Gasteiger partial charge on any atom is 0.304 e. The number of carbonyl (C=O) groups is 1. The zero-order valence-corrected chi connectivity index (χ0v) is 11.5. The van der Waals surface area contributed by atoms with Crippen molar-refractivity contribution >= 4 is 11.7 Å². The molecule has 1 aliphatic rings. The van der Waals surface area contributed by atoms with E-state index in [2.05, 4.69) is 41.1 Å². The molecule has 1 aromatic rings. The maximum atomic E-state index is 10.6. The van der Waals surface area contributed by atoms with E-state index in [0.717, 1.165) is 25.9 Å². The average Bonchev–Trinajstić information content (AvgIpc) is 2.46. The zero-order chi connectivity index (χ0) is 13.7. The molecule has 0 unspecified atom stereocenters. The number of carboxylic acid groups (broad SMARTS) is 1. The zero-order valence-electron chi connectivity index (χ0n) is 11.5. The first kappa shape index (κ1) is 13.9. The van der Waals surface area contributed by atoms with Crippen LogP contribution in [0.2, 0.25) is 0 Å². The van der Waals surface area contributed by atoms with Gasteiger partial charge in [0, 0.05) is 38.4 Å². The average molecular weight is 262 g/mol. The molecular weight excluding hydrogens is 240 g/mol. The Bertz CT molecular complexity index is 400. The first-order valence-corrected chi connectivity index (χ1v) is 6.89. The van der Waals surface area contributed by atoms with Crippen molar-refractivity contribution in [1.29, 1.82) is 0 Å². The molecule has 1 N–H and O–H groups in total. The number of nitrogens with zero attached hydrogens (tertiary/aromatic N) is 2. The van der Waals surface area contributed by atoms with Gasteiger partial charge in [0.2, 0.25) is 0 Å². The van der Waals surface area contributed by atoms with E-state index in [-0.39, 0.29) is 6.42 Å². The summed E-state index contributed by atoms with van der Waals surface area (Å²) < 4.78 is 0. The summed E-state index contributed by atoms with van der Waals surface area (Å²) in [4.78, 5) is 15.2. The molecule has 1 heterocycles. The maximum absolute atomic E-state index is 10.6. The Kier molecular flexibility index (Phi) is 4.80. The Balaban J connectivity index is 1.81. The van der Waals surface area contributed by atoms with Crippen LogP contribution >= 0.6 is 0 Å². The lowest BCUT2D eigenvalue weighted by Crippen LogP contribution is -2.44. The van der Waals surface area contributed by atoms with Gasteiger partial charge in [0.15, 0.2) is 0 Å². The summed E-state index contributed by atoms with van der Waals surface area (Å²) >= 11 is 0. The van der Waals surface area contributed by atoms with Gasteiger partial charge in [0.1, 0.15) is 0 Å². The van der Waals surface area contributed by atoms with Crippen molar-refractivity contribution in [2.24, 2.45) is 0 Å². The van der Waals surface area contributed by atoms with Crippen molar-refractivity contribution in [2.45, 2.75) is 25.3 Å². The van der Waals surface area contributed by atoms with Gasteiger partial charge in [-0.1, -0.05) is 18.2 Å². The van der Waals surface area contributed by atoms with Crippen LogP contribution in [0, 0.1) is 0 Å². The minimum atomic E-state index is -0.705. The lowest BCUT2D eigenvalue weighted by Gasteiger charge is -2.37. The number of hydrogen-bond acceptors (Lipinski definition) is 3. The molecule has 1 saturated heterocycles. The van der Waals surface area contributed by atoms with Crippen molar-refractivity contribution in [2.75, 3.05) is 31.6 Å². The fraction of sp³-hybridized carbons (Fsp3) is 0.533. The molecule has 0 atom stereocenters. The minimum Gasteiger partial charge on any atom is -0.481 e. The van der Waals surface area contributed by atoms with E-state index in [0.29, 0.717) is 12.6 Å². The van der Waals surface area contributed by atoms with Crippen molar-refractivity contribution in [3.8, 4) is 0 Å². The second-order valence-corrected chi connectivity index (χ2v) is 5.16. The van der Waals surface area contributed by atoms with Gasteiger partial charge in [-0.15, -0.1) is 0 Å². The number of benzene rings is 1. The molecule has 0 spiro atoms. The van der Waals surface area contributed by atoms with Crippen molar-refractivity contribution in [3.63, 3.8) is 0 Å². The van der Waals surface area contributed by atoms with Crippen molar-refractivity contribution in [1.82, 2.24) is 4.90 Å². The molecule has 1 aromatic carbocycles. The highest BCUT2D eigenvalue weighted by Gasteiger charge is 2.22. The van der Waals surface area contributed by atoms with Crippen LogP contribution in [-0.2, 0) is 4.79 Å². The Hall–Kier alpha value is -1.55. The predicted octanol–water partition coefficient (Wildman–Crippen LogP) is 2.06. The summed E-state index contributed by atoms with van der Waals surface area (Å²) in [7, 11) is 2.15. The normalized spacial score (nSPS) is 17.3. The Morgan fingerprint density at radius 2 is 1.95 bits per heavy atom. The van der Waals surface area contributed by atoms with Crippen LogP contribution in [0.4, 0.5) is 5.69 Å². The second kappa shape index (κ2) is 6.57. The van der Waals surface area contributed by atoms with E-state index >= 15 is 0 Å². The first-order chi connectivity index (χ1) is 9.16. The fourth-order valence-corrected chi connectivity index (χ4v) is 2.66. The monoisotopic (exact) mass is 262 g/mol. The molecule has 0 radical (unpaired) electrons. The lowest BCUT2D eigenvalue weighted by atomic mass is 10.0. The highest BCUT2D eigenvalue weighted by molar-refractivity contribution is 5.66. The third-order valence-corrected chi connectivity index (χ3v) is 3.91. The van der Waals surface area contributed by atoms with Crippen LogP contribution < -0.4 is 4.90 Å². The van der Waals surface area contributed by atoms with Crippen molar-refractivity contribution in [3.05, 3.63) is 30.3 Å². The highest BCUT2D eigenvalue weighted by atomic mass is 16.4. The molecule has 0 aromatic heterocycles. The van der Waals surface area contributed by atoms with E-state index in [4.69, 9.17) is 5.11 Å². The van der Waals surface area contributed by atoms with E-state index < -0.39 is 5.97 Å². The number of aliphatic carboxylic acids is 1. The van der Waals surface area contributed by atoms with E-state index in [9.17, 15) is 4.79 Å². The molecule has 2 rings (SSSR count). The first-order valence-electron chi connectivity index (χ1n) is 6.89. The van der Waals surface area contributed by atoms with Crippen LogP contribution in [-0.4, -0.2) is 48.7 Å². The number of likely N-dealkylation sites (tertiary alicyclic amines) is 1. The molecule has 0 amide bonds. The van der Waals surface area contributed by atoms with Gasteiger partial charge in [-0.05, 0) is 25.0 Å². The van der Waals surface area contributed by atoms with Gasteiger partial charge in [-0.3, -0.25) is 4.79 Å². The third-order valence-electron chi connectivity index (χ3n) is 3.91. The molecule has 19 heavy (non-hydrogen) atoms. The van der Waals surface area contributed by atoms with Gasteiger partial charge in [0.25, 0.3) is 0 Å². The number of para-hydroxylation sites is 1. The Morgan fingerprint density at radius 3 is 2.53 bits per heavy atom. The van der Waals surface area contributed by atoms with Crippen LogP contribution in [0.25, 0.3) is 0 Å². The summed E-state index contributed by atoms with van der Waals surface area (Å²) in [6.07, 6.45) is 2.45. The van der Waals surface area contributed by atoms with Crippen LogP contribution in [0.3, 0.4) is 0 Å². The molecular formula is C15H22N2O2. The number of piperidine rings is 1. The summed E-state index contributed by atoms with van der Waals surface area (Å²) in [6.45, 7) is 2.67. The molecule has 0 bridgehead atoms. The molecule has 1 aliphatic heterocycles. The van der Waals surface area contributed by atoms with Crippen molar-refractivity contribution < 1.29 is 9.90 Å². The van der Waals surface area contributed by atoms with Gasteiger partial charge < -0.3 is 14.9 Å². The standard InChI is InChI=1S/C15H22N2O2/c1-16(13-5-3-2-4-6-13)14-7-10-17(11-8-14)12-9-15(18)19/h2-6,14H,7-12H2,1H3,(H,18,19). The van der Waals surface area contributed by atoms with Crippen LogP contribution in [0.1, 0.15) is 19.3 Å². The molecule has 4 nitrogen and oxygen atoms in total. The summed E-state index contributed by atoms with van der Waals surface area (Å²) in [5.41, 5.74) is 1.26. The molecule has 104 valence electrons. The van der Waals surface area contributed by atoms with Gasteiger partial charge in [-0.25, -0.2) is 0 Å². The van der Waals surface area contributed by atoms with E-state index in [1.807, 2.05) is 6.07 Å². The summed E-state index contributed by atoms with van der Waals surface area (Å²) in [5.74, 6) is -0.705. The Morgan fingerprint density at radius 1 is 1.32 bits per heavy atom. The molecule has 1 fully saturated rings. The number of carboxylic acids is 1. The van der Waals surface area contributed by atoms with Gasteiger partial charge in [0.05, 0.1) is 6.42 Å². The molecule has 0 aliphatic carbocycles. The largest absolute Gasteiger partial charge is 0.481 e. The topological polar surface area (TPSA) is 43.8 Å². The van der Waals surface area contributed by atoms with E-state index in [1.165, 1.54) is 5.69 Å². The third kappa shape index (κ3) is 3.96. The smallest absolute Gasteiger partial charge is 0.304 e. The van der Waals surface area contributed by atoms with Crippen LogP contribution in [0.5, 0.6) is 0 Å². The van der Waals surface area contributed by atoms with Gasteiger partial charge >= 0.3 is 5.97 Å². The summed E-state index contributed by atoms with van der Waals surface area (Å²) in [6, 6.07) is 11.0. The minimum absolute atomic E-state index is 0.249. The van der Waals surface area contributed by atoms with Crippen LogP contribution in [0.15, 0.2) is 30.3 Å². The second-order valence-electron chi connectivity index (χ2n) is 5.16. The quantitative estimate of drug-likeness (QED) is 0.882. The van der Waals surface area contributed by atoms with Gasteiger partial charge in [-0.2, -0.15) is 0 Å².